The predicted molar refractivity (Wildman–Crippen MR) is 113 cm³/mol. The number of nitrogens with zero attached hydrogens (tertiary/aromatic N) is 2. The van der Waals surface area contributed by atoms with Crippen molar-refractivity contribution in [1.82, 2.24) is 15.0 Å². The summed E-state index contributed by atoms with van der Waals surface area (Å²) in [5.74, 6) is 2.33. The molecule has 0 aliphatic carbocycles. The molecule has 4 rings (SSSR count). The van der Waals surface area contributed by atoms with Crippen LogP contribution in [0.15, 0.2) is 54.0 Å². The van der Waals surface area contributed by atoms with E-state index in [0.29, 0.717) is 0 Å². The number of aryl methyl sites for hydroxylation is 1. The number of rotatable bonds is 6. The topological polar surface area (TPSA) is 72.1 Å². The van der Waals surface area contributed by atoms with Crippen LogP contribution in [0.1, 0.15) is 5.69 Å². The van der Waals surface area contributed by atoms with Crippen LogP contribution in [0.4, 0.5) is 10.8 Å². The maximum absolute atomic E-state index is 5.56. The lowest BCUT2D eigenvalue weighted by atomic mass is 10.1. The lowest BCUT2D eigenvalue weighted by molar-refractivity contribution is 0.416. The summed E-state index contributed by atoms with van der Waals surface area (Å²) >= 11 is 1.54. The van der Waals surface area contributed by atoms with Crippen molar-refractivity contribution in [3.8, 4) is 34.1 Å². The molecule has 0 aliphatic rings. The molecule has 4 aromatic rings. The van der Waals surface area contributed by atoms with Crippen LogP contribution in [0.5, 0.6) is 11.5 Å². The van der Waals surface area contributed by atoms with Crippen LogP contribution < -0.4 is 14.8 Å². The van der Waals surface area contributed by atoms with Crippen molar-refractivity contribution in [2.24, 2.45) is 0 Å². The fourth-order valence-corrected chi connectivity index (χ4v) is 3.68. The van der Waals surface area contributed by atoms with Crippen LogP contribution in [-0.2, 0) is 0 Å². The van der Waals surface area contributed by atoms with Gasteiger partial charge in [0.25, 0.3) is 0 Å². The Bertz CT molecular complexity index is 1100. The minimum absolute atomic E-state index is 0.737. The third kappa shape index (κ3) is 3.57. The number of hydrogen-bond donors (Lipinski definition) is 2. The van der Waals surface area contributed by atoms with E-state index in [9.17, 15) is 0 Å². The second kappa shape index (κ2) is 7.74. The quantitative estimate of drug-likeness (QED) is 0.468. The fraction of sp³-hybridized carbons (Fsp3) is 0.143. The van der Waals surface area contributed by atoms with Gasteiger partial charge in [0, 0.05) is 28.9 Å². The summed E-state index contributed by atoms with van der Waals surface area (Å²) in [7, 11) is 3.32. The molecule has 0 bridgehead atoms. The van der Waals surface area contributed by atoms with Crippen molar-refractivity contribution >= 4 is 22.2 Å². The Morgan fingerprint density at radius 1 is 0.964 bits per heavy atom. The van der Waals surface area contributed by atoms with E-state index in [1.54, 1.807) is 14.2 Å². The van der Waals surface area contributed by atoms with Crippen LogP contribution in [0, 0.1) is 6.92 Å². The van der Waals surface area contributed by atoms with Crippen molar-refractivity contribution in [3.63, 3.8) is 0 Å². The number of benzene rings is 2. The van der Waals surface area contributed by atoms with Gasteiger partial charge in [-0.05, 0) is 31.2 Å². The first-order valence-electron chi connectivity index (χ1n) is 8.74. The summed E-state index contributed by atoms with van der Waals surface area (Å²) in [4.78, 5) is 12.3. The van der Waals surface area contributed by atoms with E-state index < -0.39 is 0 Å². The number of anilines is 2. The number of para-hydroxylation sites is 1. The van der Waals surface area contributed by atoms with Gasteiger partial charge in [0.1, 0.15) is 17.3 Å². The molecule has 142 valence electrons. The molecule has 2 aromatic carbocycles. The molecule has 0 fully saturated rings. The summed E-state index contributed by atoms with van der Waals surface area (Å²) in [6.07, 6.45) is 1.87. The van der Waals surface area contributed by atoms with Gasteiger partial charge in [0.2, 0.25) is 0 Å². The Kier molecular flexibility index (Phi) is 4.99. The Morgan fingerprint density at radius 3 is 2.54 bits per heavy atom. The summed E-state index contributed by atoms with van der Waals surface area (Å²) < 4.78 is 11.0. The van der Waals surface area contributed by atoms with Crippen LogP contribution >= 0.6 is 11.3 Å². The third-order valence-electron chi connectivity index (χ3n) is 4.30. The van der Waals surface area contributed by atoms with E-state index in [2.05, 4.69) is 15.3 Å². The normalized spacial score (nSPS) is 10.7. The van der Waals surface area contributed by atoms with Gasteiger partial charge in [-0.3, -0.25) is 0 Å². The number of aromatic nitrogens is 3. The number of aromatic amines is 1. The number of ether oxygens (including phenoxy) is 2. The highest BCUT2D eigenvalue weighted by molar-refractivity contribution is 7.14. The lowest BCUT2D eigenvalue weighted by Gasteiger charge is -2.10. The molecule has 0 radical (unpaired) electrons. The molecule has 7 heteroatoms. The molecule has 0 spiro atoms. The van der Waals surface area contributed by atoms with Crippen molar-refractivity contribution in [1.29, 1.82) is 0 Å². The molecule has 0 unspecified atom stereocenters. The highest BCUT2D eigenvalue weighted by Gasteiger charge is 2.12. The first-order valence-corrected chi connectivity index (χ1v) is 9.62. The molecule has 6 nitrogen and oxygen atoms in total. The first kappa shape index (κ1) is 18.1. The predicted octanol–water partition coefficient (Wildman–Crippen LogP) is 5.27. The highest BCUT2D eigenvalue weighted by atomic mass is 32.1. The van der Waals surface area contributed by atoms with Gasteiger partial charge >= 0.3 is 0 Å². The van der Waals surface area contributed by atoms with Crippen molar-refractivity contribution in [3.05, 3.63) is 59.7 Å². The molecule has 0 aliphatic heterocycles. The minimum Gasteiger partial charge on any atom is -0.496 e. The van der Waals surface area contributed by atoms with Gasteiger partial charge in [0.15, 0.2) is 5.13 Å². The highest BCUT2D eigenvalue weighted by Crippen LogP contribution is 2.35. The number of hydrogen-bond acceptors (Lipinski definition) is 6. The van der Waals surface area contributed by atoms with E-state index >= 15 is 0 Å². The molecule has 0 saturated heterocycles. The molecule has 28 heavy (non-hydrogen) atoms. The Balaban J connectivity index is 1.59. The van der Waals surface area contributed by atoms with E-state index in [-0.39, 0.29) is 0 Å². The molecular formula is C21H20N4O2S. The largest absolute Gasteiger partial charge is 0.496 e. The standard InChI is InChI=1S/C21H20N4O2S/c1-13-11-22-20(23-13)16-9-8-14(10-19(16)27-3)24-21-25-17(12-28-21)15-6-4-5-7-18(15)26-2/h4-12H,1-3H3,(H,22,23)(H,24,25). The zero-order valence-electron chi connectivity index (χ0n) is 15.8. The molecule has 0 saturated carbocycles. The lowest BCUT2D eigenvalue weighted by Crippen LogP contribution is -1.94. The average Bonchev–Trinajstić information content (AvgIpc) is 3.37. The van der Waals surface area contributed by atoms with E-state index in [1.165, 1.54) is 11.3 Å². The van der Waals surface area contributed by atoms with E-state index in [4.69, 9.17) is 14.5 Å². The van der Waals surface area contributed by atoms with Crippen LogP contribution in [-0.4, -0.2) is 29.2 Å². The fourth-order valence-electron chi connectivity index (χ4n) is 2.95. The molecule has 0 amide bonds. The summed E-state index contributed by atoms with van der Waals surface area (Å²) in [5, 5.41) is 6.15. The average molecular weight is 392 g/mol. The zero-order valence-corrected chi connectivity index (χ0v) is 16.6. The number of nitrogens with one attached hydrogen (secondary N) is 2. The van der Waals surface area contributed by atoms with Crippen molar-refractivity contribution in [2.45, 2.75) is 6.92 Å². The monoisotopic (exact) mass is 392 g/mol. The number of H-pyrrole nitrogens is 1. The maximum Gasteiger partial charge on any atom is 0.187 e. The van der Waals surface area contributed by atoms with Gasteiger partial charge in [-0.1, -0.05) is 12.1 Å². The first-order chi connectivity index (χ1) is 13.7. The van der Waals surface area contributed by atoms with Gasteiger partial charge in [0.05, 0.1) is 31.2 Å². The molecule has 0 atom stereocenters. The van der Waals surface area contributed by atoms with Crippen LogP contribution in [0.25, 0.3) is 22.6 Å². The molecule has 2 aromatic heterocycles. The van der Waals surface area contributed by atoms with Crippen molar-refractivity contribution < 1.29 is 9.47 Å². The second-order valence-electron chi connectivity index (χ2n) is 6.17. The summed E-state index contributed by atoms with van der Waals surface area (Å²) in [5.41, 5.74) is 4.58. The van der Waals surface area contributed by atoms with E-state index in [1.807, 2.05) is 61.0 Å². The molecule has 2 heterocycles. The molecule has 2 N–H and O–H groups in total. The minimum atomic E-state index is 0.737. The smallest absolute Gasteiger partial charge is 0.187 e. The van der Waals surface area contributed by atoms with Crippen LogP contribution in [0.3, 0.4) is 0 Å². The number of imidazole rings is 1. The Morgan fingerprint density at radius 2 is 1.79 bits per heavy atom. The van der Waals surface area contributed by atoms with E-state index in [0.717, 1.165) is 50.7 Å². The van der Waals surface area contributed by atoms with Gasteiger partial charge in [-0.2, -0.15) is 0 Å². The summed E-state index contributed by atoms with van der Waals surface area (Å²) in [6, 6.07) is 13.8. The zero-order chi connectivity index (χ0) is 19.5. The second-order valence-corrected chi connectivity index (χ2v) is 7.03. The Labute approximate surface area is 167 Å². The SMILES string of the molecule is COc1ccccc1-c1csc(Nc2ccc(-c3nc(C)c[nH]3)c(OC)c2)n1. The summed E-state index contributed by atoms with van der Waals surface area (Å²) in [6.45, 7) is 1.95. The molecular weight excluding hydrogens is 372 g/mol. The van der Waals surface area contributed by atoms with Gasteiger partial charge in [-0.15, -0.1) is 11.3 Å². The van der Waals surface area contributed by atoms with Crippen LogP contribution in [0.2, 0.25) is 0 Å². The van der Waals surface area contributed by atoms with Crippen molar-refractivity contribution in [2.75, 3.05) is 19.5 Å². The number of thiazole rings is 1. The Hall–Kier alpha value is -3.32. The maximum atomic E-state index is 5.56. The third-order valence-corrected chi connectivity index (χ3v) is 5.06. The number of methoxy groups -OCH3 is 2. The van der Waals surface area contributed by atoms with Gasteiger partial charge < -0.3 is 19.8 Å². The van der Waals surface area contributed by atoms with Gasteiger partial charge in [-0.25, -0.2) is 9.97 Å².